The minimum absolute atomic E-state index is 0.506. The van der Waals surface area contributed by atoms with E-state index in [2.05, 4.69) is 22.8 Å². The zero-order chi connectivity index (χ0) is 11.8. The molecular formula is C12H19BN2S. The highest BCUT2D eigenvalue weighted by Crippen LogP contribution is 2.72. The minimum Gasteiger partial charge on any atom is -0.179 e. The topological polar surface area (TPSA) is 24.7 Å². The second-order valence-electron chi connectivity index (χ2n) is 4.75. The second kappa shape index (κ2) is 4.56. The molecule has 1 spiro atoms. The fraction of sp³-hybridized carbons (Fsp3) is 0.833. The molecule has 2 nitrogen and oxygen atoms in total. The average molecular weight is 234 g/mol. The molecule has 2 atom stereocenters. The quantitative estimate of drug-likeness (QED) is 0.561. The molecule has 2 fully saturated rings. The summed E-state index contributed by atoms with van der Waals surface area (Å²) < 4.78 is 0. The lowest BCUT2D eigenvalue weighted by Gasteiger charge is -2.36. The lowest BCUT2D eigenvalue weighted by Crippen LogP contribution is -2.30. The third kappa shape index (κ3) is 1.57. The molecule has 2 radical (unpaired) electrons. The minimum atomic E-state index is 0.506. The van der Waals surface area contributed by atoms with Crippen molar-refractivity contribution in [1.82, 2.24) is 0 Å². The highest BCUT2D eigenvalue weighted by Gasteiger charge is 2.70. The van der Waals surface area contributed by atoms with Crippen LogP contribution >= 0.6 is 12.6 Å². The van der Waals surface area contributed by atoms with Gasteiger partial charge in [0.25, 0.3) is 0 Å². The van der Waals surface area contributed by atoms with Crippen LogP contribution in [-0.2, 0) is 0 Å². The zero-order valence-corrected chi connectivity index (χ0v) is 11.0. The van der Waals surface area contributed by atoms with Crippen molar-refractivity contribution in [2.45, 2.75) is 33.0 Å². The van der Waals surface area contributed by atoms with Crippen LogP contribution in [-0.4, -0.2) is 25.5 Å². The van der Waals surface area contributed by atoms with E-state index in [-0.39, 0.29) is 0 Å². The Kier molecular flexibility index (Phi) is 3.48. The largest absolute Gasteiger partial charge is 0.179 e. The number of fused-ring (bicyclic) bond motifs is 3. The molecule has 0 aromatic carbocycles. The van der Waals surface area contributed by atoms with Crippen molar-refractivity contribution >= 4 is 32.4 Å². The second-order valence-corrected chi connectivity index (χ2v) is 5.12. The van der Waals surface area contributed by atoms with Gasteiger partial charge < -0.3 is 0 Å². The summed E-state index contributed by atoms with van der Waals surface area (Å²) in [4.78, 5) is 0. The van der Waals surface area contributed by atoms with Gasteiger partial charge in [-0.05, 0) is 36.2 Å². The van der Waals surface area contributed by atoms with Crippen LogP contribution in [0.5, 0.6) is 0 Å². The Balaban J connectivity index is 0.000000457. The van der Waals surface area contributed by atoms with E-state index < -0.39 is 0 Å². The van der Waals surface area contributed by atoms with E-state index in [0.29, 0.717) is 23.6 Å². The Bertz CT molecular complexity index is 321. The summed E-state index contributed by atoms with van der Waals surface area (Å²) in [5.74, 6) is 3.11. The van der Waals surface area contributed by atoms with Crippen LogP contribution in [0.15, 0.2) is 10.2 Å². The van der Waals surface area contributed by atoms with Crippen LogP contribution < -0.4 is 0 Å². The van der Waals surface area contributed by atoms with E-state index in [1.54, 1.807) is 0 Å². The van der Waals surface area contributed by atoms with E-state index in [1.165, 1.54) is 12.8 Å². The maximum Gasteiger partial charge on any atom is 0.0734 e. The molecule has 2 aliphatic carbocycles. The zero-order valence-electron chi connectivity index (χ0n) is 10.1. The monoisotopic (exact) mass is 234 g/mol. The van der Waals surface area contributed by atoms with Crippen LogP contribution in [0.1, 0.15) is 26.7 Å². The van der Waals surface area contributed by atoms with E-state index in [9.17, 15) is 0 Å². The highest BCUT2D eigenvalue weighted by molar-refractivity contribution is 7.80. The molecule has 16 heavy (non-hydrogen) atoms. The molecule has 0 bridgehead atoms. The molecule has 0 aromatic heterocycles. The standard InChI is InChI=1S/C10H13BN2S.C2H6/c11-3-8-9-7(4-12-13-8)10(9)1-6(2-10)5-14;1-2/h4,6-7,9,14H,1-3,5H2;1-2H3. The van der Waals surface area contributed by atoms with Crippen molar-refractivity contribution in [3.05, 3.63) is 0 Å². The van der Waals surface area contributed by atoms with Crippen molar-refractivity contribution in [2.75, 3.05) is 5.75 Å². The Morgan fingerprint density at radius 3 is 2.75 bits per heavy atom. The predicted molar refractivity (Wildman–Crippen MR) is 73.8 cm³/mol. The average Bonchev–Trinajstić information content (AvgIpc) is 2.98. The Morgan fingerprint density at radius 2 is 2.19 bits per heavy atom. The number of hydrogen-bond donors (Lipinski definition) is 1. The van der Waals surface area contributed by atoms with Gasteiger partial charge in [-0.2, -0.15) is 22.8 Å². The predicted octanol–water partition coefficient (Wildman–Crippen LogP) is 2.61. The van der Waals surface area contributed by atoms with Crippen molar-refractivity contribution in [1.29, 1.82) is 0 Å². The van der Waals surface area contributed by atoms with Crippen LogP contribution in [0.4, 0.5) is 0 Å². The summed E-state index contributed by atoms with van der Waals surface area (Å²) in [6.07, 6.45) is 5.21. The molecule has 1 heterocycles. The van der Waals surface area contributed by atoms with Gasteiger partial charge in [-0.1, -0.05) is 13.8 Å². The molecule has 2 unspecified atom stereocenters. The van der Waals surface area contributed by atoms with Crippen LogP contribution in [0.2, 0.25) is 6.32 Å². The molecule has 2 saturated carbocycles. The molecule has 3 rings (SSSR count). The van der Waals surface area contributed by atoms with Gasteiger partial charge in [-0.3, -0.25) is 0 Å². The van der Waals surface area contributed by atoms with Gasteiger partial charge in [-0.15, -0.1) is 0 Å². The van der Waals surface area contributed by atoms with Gasteiger partial charge in [0.15, 0.2) is 0 Å². The molecular weight excluding hydrogens is 215 g/mol. The number of rotatable bonds is 2. The summed E-state index contributed by atoms with van der Waals surface area (Å²) in [6, 6.07) is 0. The van der Waals surface area contributed by atoms with Gasteiger partial charge >= 0.3 is 0 Å². The molecule has 86 valence electrons. The molecule has 0 N–H and O–H groups in total. The molecule has 0 saturated heterocycles. The lowest BCUT2D eigenvalue weighted by atomic mass is 9.69. The summed E-state index contributed by atoms with van der Waals surface area (Å²) in [6.45, 7) is 4.00. The van der Waals surface area contributed by atoms with Crippen molar-refractivity contribution < 1.29 is 0 Å². The summed E-state index contributed by atoms with van der Waals surface area (Å²) in [5.41, 5.74) is 1.63. The Labute approximate surface area is 105 Å². The molecule has 4 heteroatoms. The normalized spacial score (nSPS) is 42.7. The van der Waals surface area contributed by atoms with E-state index in [1.807, 2.05) is 20.1 Å². The third-order valence-corrected chi connectivity index (χ3v) is 4.63. The summed E-state index contributed by atoms with van der Waals surface area (Å²) >= 11 is 4.34. The van der Waals surface area contributed by atoms with Crippen LogP contribution in [0.3, 0.4) is 0 Å². The van der Waals surface area contributed by atoms with E-state index in [0.717, 1.165) is 17.4 Å². The van der Waals surface area contributed by atoms with Gasteiger partial charge in [0.05, 0.1) is 7.85 Å². The smallest absolute Gasteiger partial charge is 0.0734 e. The molecule has 1 aliphatic heterocycles. The maximum absolute atomic E-state index is 5.67. The maximum atomic E-state index is 5.67. The van der Waals surface area contributed by atoms with Gasteiger partial charge in [-0.25, -0.2) is 0 Å². The van der Waals surface area contributed by atoms with Gasteiger partial charge in [0.1, 0.15) is 0 Å². The first kappa shape index (κ1) is 12.2. The van der Waals surface area contributed by atoms with Crippen LogP contribution in [0, 0.1) is 23.2 Å². The Hall–Kier alpha value is -0.245. The summed E-state index contributed by atoms with van der Waals surface area (Å²) in [5, 5.41) is 8.18. The van der Waals surface area contributed by atoms with Crippen LogP contribution in [0.25, 0.3) is 0 Å². The lowest BCUT2D eigenvalue weighted by molar-refractivity contribution is 0.175. The van der Waals surface area contributed by atoms with Gasteiger partial charge in [0.2, 0.25) is 0 Å². The first-order chi connectivity index (χ1) is 7.81. The van der Waals surface area contributed by atoms with E-state index in [4.69, 9.17) is 7.85 Å². The highest BCUT2D eigenvalue weighted by atomic mass is 32.1. The number of thiol groups is 1. The SMILES string of the molecule is CC.[B]CC1=NN=CC2C1C21CC(CS)C1. The number of hydrogen-bond acceptors (Lipinski definition) is 3. The van der Waals surface area contributed by atoms with E-state index >= 15 is 0 Å². The molecule has 3 aliphatic rings. The Morgan fingerprint density at radius 1 is 1.50 bits per heavy atom. The fourth-order valence-electron chi connectivity index (χ4n) is 3.38. The first-order valence-corrected chi connectivity index (χ1v) is 6.86. The van der Waals surface area contributed by atoms with Crippen molar-refractivity contribution in [2.24, 2.45) is 33.4 Å². The fourth-order valence-corrected chi connectivity index (χ4v) is 3.63. The number of nitrogens with zero attached hydrogens (tertiary/aromatic N) is 2. The van der Waals surface area contributed by atoms with Crippen molar-refractivity contribution in [3.8, 4) is 0 Å². The summed E-state index contributed by atoms with van der Waals surface area (Å²) in [7, 11) is 5.67. The molecule has 0 amide bonds. The van der Waals surface area contributed by atoms with Gasteiger partial charge in [0, 0.05) is 23.8 Å². The third-order valence-electron chi connectivity index (χ3n) is 4.11. The van der Waals surface area contributed by atoms with Crippen molar-refractivity contribution in [3.63, 3.8) is 0 Å². The first-order valence-electron chi connectivity index (χ1n) is 6.22. The molecule has 0 aromatic rings.